The van der Waals surface area contributed by atoms with Crippen LogP contribution in [0.25, 0.3) is 0 Å². The van der Waals surface area contributed by atoms with Gasteiger partial charge in [-0.1, -0.05) is 13.8 Å². The molecule has 0 radical (unpaired) electrons. The van der Waals surface area contributed by atoms with Crippen LogP contribution in [0.5, 0.6) is 0 Å². The zero-order chi connectivity index (χ0) is 8.27. The molecule has 0 aliphatic carbocycles. The van der Waals surface area contributed by atoms with Crippen molar-refractivity contribution in [2.75, 3.05) is 19.6 Å². The largest absolute Gasteiger partial charge is 0.392 e. The van der Waals surface area contributed by atoms with Gasteiger partial charge in [0.05, 0.1) is 6.10 Å². The summed E-state index contributed by atoms with van der Waals surface area (Å²) < 4.78 is 0. The van der Waals surface area contributed by atoms with E-state index in [1.54, 1.807) is 0 Å². The maximum absolute atomic E-state index is 9.35. The summed E-state index contributed by atoms with van der Waals surface area (Å²) in [7, 11) is 0. The highest BCUT2D eigenvalue weighted by molar-refractivity contribution is 4.72. The molecule has 1 unspecified atom stereocenters. The summed E-state index contributed by atoms with van der Waals surface area (Å²) in [5.41, 5.74) is 0. The number of likely N-dealkylation sites (tertiary alicyclic amines) is 1. The lowest BCUT2D eigenvalue weighted by molar-refractivity contribution is 0.0648. The van der Waals surface area contributed by atoms with Gasteiger partial charge in [-0.3, -0.25) is 0 Å². The van der Waals surface area contributed by atoms with Crippen molar-refractivity contribution in [3.8, 4) is 0 Å². The first kappa shape index (κ1) is 9.01. The molecule has 1 saturated heterocycles. The van der Waals surface area contributed by atoms with Crippen LogP contribution >= 0.6 is 0 Å². The zero-order valence-electron chi connectivity index (χ0n) is 7.58. The van der Waals surface area contributed by atoms with Crippen LogP contribution in [0.15, 0.2) is 0 Å². The van der Waals surface area contributed by atoms with Gasteiger partial charge in [0.2, 0.25) is 0 Å². The molecule has 1 fully saturated rings. The molecular formula is C9H19NO. The molecule has 1 aliphatic heterocycles. The average molecular weight is 157 g/mol. The lowest BCUT2D eigenvalue weighted by Crippen LogP contribution is -2.40. The summed E-state index contributed by atoms with van der Waals surface area (Å²) >= 11 is 0. The maximum atomic E-state index is 9.35. The first-order valence-corrected chi connectivity index (χ1v) is 4.59. The Morgan fingerprint density at radius 2 is 2.27 bits per heavy atom. The predicted molar refractivity (Wildman–Crippen MR) is 46.5 cm³/mol. The summed E-state index contributed by atoms with van der Waals surface area (Å²) in [6.07, 6.45) is 2.09. The molecule has 1 atom stereocenters. The first-order valence-electron chi connectivity index (χ1n) is 4.59. The third kappa shape index (κ3) is 3.21. The van der Waals surface area contributed by atoms with E-state index in [1.807, 2.05) is 0 Å². The van der Waals surface area contributed by atoms with Gasteiger partial charge in [0.25, 0.3) is 0 Å². The van der Waals surface area contributed by atoms with Crippen molar-refractivity contribution in [1.82, 2.24) is 4.90 Å². The second-order valence-corrected chi connectivity index (χ2v) is 3.95. The number of piperidine rings is 1. The summed E-state index contributed by atoms with van der Waals surface area (Å²) in [6, 6.07) is 0. The Bertz CT molecular complexity index is 112. The lowest BCUT2D eigenvalue weighted by atomic mass is 10.1. The molecule has 0 amide bonds. The van der Waals surface area contributed by atoms with Crippen LogP contribution in [0.3, 0.4) is 0 Å². The molecule has 1 N–H and O–H groups in total. The Labute approximate surface area is 69.2 Å². The molecule has 0 aromatic carbocycles. The standard InChI is InChI=1S/C9H19NO/c1-8(2)6-10-5-3-4-9(11)7-10/h8-9,11H,3-7H2,1-2H3. The Balaban J connectivity index is 2.23. The molecule has 1 aliphatic rings. The van der Waals surface area contributed by atoms with Gasteiger partial charge >= 0.3 is 0 Å². The summed E-state index contributed by atoms with van der Waals surface area (Å²) in [4.78, 5) is 2.36. The number of hydrogen-bond donors (Lipinski definition) is 1. The quantitative estimate of drug-likeness (QED) is 0.649. The van der Waals surface area contributed by atoms with Crippen molar-refractivity contribution in [3.05, 3.63) is 0 Å². The van der Waals surface area contributed by atoms with E-state index in [2.05, 4.69) is 18.7 Å². The molecule has 0 aromatic rings. The lowest BCUT2D eigenvalue weighted by Gasteiger charge is -2.31. The van der Waals surface area contributed by atoms with E-state index >= 15 is 0 Å². The van der Waals surface area contributed by atoms with E-state index in [0.717, 1.165) is 31.8 Å². The first-order chi connectivity index (χ1) is 5.18. The molecule has 1 rings (SSSR count). The van der Waals surface area contributed by atoms with Crippen LogP contribution in [0.1, 0.15) is 26.7 Å². The molecule has 11 heavy (non-hydrogen) atoms. The average Bonchev–Trinajstić information content (AvgIpc) is 1.85. The number of aliphatic hydroxyl groups is 1. The Kier molecular flexibility index (Phi) is 3.34. The van der Waals surface area contributed by atoms with Crippen molar-refractivity contribution in [2.24, 2.45) is 5.92 Å². The molecule has 2 heteroatoms. The van der Waals surface area contributed by atoms with Gasteiger partial charge in [0, 0.05) is 13.1 Å². The molecule has 0 spiro atoms. The topological polar surface area (TPSA) is 23.5 Å². The van der Waals surface area contributed by atoms with Gasteiger partial charge in [0.1, 0.15) is 0 Å². The molecular weight excluding hydrogens is 138 g/mol. The van der Waals surface area contributed by atoms with Gasteiger partial charge in [-0.25, -0.2) is 0 Å². The highest BCUT2D eigenvalue weighted by Gasteiger charge is 2.17. The van der Waals surface area contributed by atoms with Crippen molar-refractivity contribution < 1.29 is 5.11 Å². The van der Waals surface area contributed by atoms with E-state index in [9.17, 15) is 5.11 Å². The Morgan fingerprint density at radius 3 is 2.82 bits per heavy atom. The fraction of sp³-hybridized carbons (Fsp3) is 1.00. The van der Waals surface area contributed by atoms with Gasteiger partial charge in [-0.15, -0.1) is 0 Å². The van der Waals surface area contributed by atoms with E-state index in [1.165, 1.54) is 6.54 Å². The minimum Gasteiger partial charge on any atom is -0.392 e. The van der Waals surface area contributed by atoms with Crippen LogP contribution in [0, 0.1) is 5.92 Å². The summed E-state index contributed by atoms with van der Waals surface area (Å²) in [5.74, 6) is 0.722. The van der Waals surface area contributed by atoms with Crippen LogP contribution in [-0.4, -0.2) is 35.7 Å². The van der Waals surface area contributed by atoms with Gasteiger partial charge < -0.3 is 10.0 Å². The fourth-order valence-corrected chi connectivity index (χ4v) is 1.71. The van der Waals surface area contributed by atoms with Crippen LogP contribution in [0.2, 0.25) is 0 Å². The third-order valence-corrected chi connectivity index (χ3v) is 2.10. The van der Waals surface area contributed by atoms with E-state index < -0.39 is 0 Å². The highest BCUT2D eigenvalue weighted by atomic mass is 16.3. The monoisotopic (exact) mass is 157 g/mol. The number of nitrogens with zero attached hydrogens (tertiary/aromatic N) is 1. The highest BCUT2D eigenvalue weighted by Crippen LogP contribution is 2.11. The zero-order valence-corrected chi connectivity index (χ0v) is 7.58. The van der Waals surface area contributed by atoms with Crippen LogP contribution in [0.4, 0.5) is 0 Å². The minimum atomic E-state index is -0.0671. The second kappa shape index (κ2) is 4.07. The normalized spacial score (nSPS) is 27.8. The number of rotatable bonds is 2. The van der Waals surface area contributed by atoms with E-state index in [4.69, 9.17) is 0 Å². The Morgan fingerprint density at radius 1 is 1.55 bits per heavy atom. The molecule has 0 bridgehead atoms. The van der Waals surface area contributed by atoms with E-state index in [0.29, 0.717) is 0 Å². The smallest absolute Gasteiger partial charge is 0.0667 e. The fourth-order valence-electron chi connectivity index (χ4n) is 1.71. The Hall–Kier alpha value is -0.0800. The third-order valence-electron chi connectivity index (χ3n) is 2.10. The van der Waals surface area contributed by atoms with E-state index in [-0.39, 0.29) is 6.10 Å². The maximum Gasteiger partial charge on any atom is 0.0667 e. The molecule has 0 saturated carbocycles. The summed E-state index contributed by atoms with van der Waals surface area (Å²) in [6.45, 7) is 7.65. The van der Waals surface area contributed by atoms with Crippen LogP contribution < -0.4 is 0 Å². The SMILES string of the molecule is CC(C)CN1CCCC(O)C1. The minimum absolute atomic E-state index is 0.0671. The summed E-state index contributed by atoms with van der Waals surface area (Å²) in [5, 5.41) is 9.35. The molecule has 0 aromatic heterocycles. The van der Waals surface area contributed by atoms with Gasteiger partial charge in [-0.2, -0.15) is 0 Å². The van der Waals surface area contributed by atoms with Crippen LogP contribution in [-0.2, 0) is 0 Å². The second-order valence-electron chi connectivity index (χ2n) is 3.95. The van der Waals surface area contributed by atoms with Gasteiger partial charge in [0.15, 0.2) is 0 Å². The predicted octanol–water partition coefficient (Wildman–Crippen LogP) is 1.10. The number of β-amino-alcohol motifs (C(OH)–C–C–N with tert-alkyl or cyclic N) is 1. The van der Waals surface area contributed by atoms with Crippen molar-refractivity contribution in [2.45, 2.75) is 32.8 Å². The van der Waals surface area contributed by atoms with Crippen molar-refractivity contribution in [1.29, 1.82) is 0 Å². The molecule has 1 heterocycles. The molecule has 66 valence electrons. The molecule has 2 nitrogen and oxygen atoms in total. The van der Waals surface area contributed by atoms with Crippen molar-refractivity contribution >= 4 is 0 Å². The van der Waals surface area contributed by atoms with Gasteiger partial charge in [-0.05, 0) is 25.3 Å². The van der Waals surface area contributed by atoms with Crippen molar-refractivity contribution in [3.63, 3.8) is 0 Å². The number of hydrogen-bond acceptors (Lipinski definition) is 2. The number of aliphatic hydroxyl groups excluding tert-OH is 1.